The lowest BCUT2D eigenvalue weighted by Crippen LogP contribution is -2.00. The second kappa shape index (κ2) is 11.8. The third-order valence-corrected chi connectivity index (χ3v) is 2.94. The molecule has 0 spiro atoms. The summed E-state index contributed by atoms with van der Waals surface area (Å²) in [5.41, 5.74) is 0.330. The molecule has 0 radical (unpaired) electrons. The molecule has 0 aliphatic rings. The monoisotopic (exact) mass is 268 g/mol. The van der Waals surface area contributed by atoms with Crippen LogP contribution in [0, 0.1) is 0 Å². The highest BCUT2D eigenvalue weighted by Gasteiger charge is 2.02. The summed E-state index contributed by atoms with van der Waals surface area (Å²) in [6.07, 6.45) is 11.5. The number of carbonyl (C=O) groups excluding carboxylic acids is 1. The van der Waals surface area contributed by atoms with Gasteiger partial charge < -0.3 is 9.84 Å². The van der Waals surface area contributed by atoms with E-state index in [1.807, 2.05) is 0 Å². The predicted octanol–water partition coefficient (Wildman–Crippen LogP) is 5.04. The zero-order valence-electron chi connectivity index (χ0n) is 12.4. The molecular weight excluding hydrogens is 240 g/mol. The number of carbonyl (C=O) groups is 1. The van der Waals surface area contributed by atoms with Crippen LogP contribution in [0.3, 0.4) is 0 Å². The van der Waals surface area contributed by atoms with Crippen LogP contribution in [0.1, 0.15) is 71.6 Å². The molecule has 0 amide bonds. The highest BCUT2D eigenvalue weighted by molar-refractivity contribution is 5.87. The lowest BCUT2D eigenvalue weighted by atomic mass is 10.1. The molecular formula is C16H28O3. The fraction of sp³-hybridized carbons (Fsp3) is 0.688. The van der Waals surface area contributed by atoms with Gasteiger partial charge in [0.15, 0.2) is 0 Å². The average Bonchev–Trinajstić information content (AvgIpc) is 2.38. The van der Waals surface area contributed by atoms with Crippen LogP contribution in [0.5, 0.6) is 0 Å². The first kappa shape index (κ1) is 17.8. The van der Waals surface area contributed by atoms with E-state index in [-0.39, 0.29) is 5.76 Å². The summed E-state index contributed by atoms with van der Waals surface area (Å²) in [4.78, 5) is 11.1. The van der Waals surface area contributed by atoms with E-state index < -0.39 is 5.97 Å². The van der Waals surface area contributed by atoms with Crippen molar-refractivity contribution in [3.05, 3.63) is 24.2 Å². The molecule has 0 aromatic carbocycles. The van der Waals surface area contributed by atoms with E-state index >= 15 is 0 Å². The van der Waals surface area contributed by atoms with E-state index in [4.69, 9.17) is 4.74 Å². The third kappa shape index (κ3) is 11.6. The molecule has 19 heavy (non-hydrogen) atoms. The van der Waals surface area contributed by atoms with Crippen molar-refractivity contribution in [2.45, 2.75) is 71.6 Å². The molecule has 0 atom stereocenters. The summed E-state index contributed by atoms with van der Waals surface area (Å²) in [5.74, 6) is -0.372. The molecule has 0 saturated carbocycles. The summed E-state index contributed by atoms with van der Waals surface area (Å²) in [6, 6.07) is 0. The molecule has 0 unspecified atom stereocenters. The van der Waals surface area contributed by atoms with Crippen molar-refractivity contribution >= 4 is 5.97 Å². The van der Waals surface area contributed by atoms with Crippen LogP contribution in [0.2, 0.25) is 0 Å². The summed E-state index contributed by atoms with van der Waals surface area (Å²) < 4.78 is 4.74. The van der Waals surface area contributed by atoms with Crippen LogP contribution in [0.15, 0.2) is 24.2 Å². The van der Waals surface area contributed by atoms with Gasteiger partial charge in [0, 0.05) is 12.0 Å². The zero-order chi connectivity index (χ0) is 14.5. The fourth-order valence-corrected chi connectivity index (χ4v) is 1.72. The standard InChI is InChI=1S/C16H28O3/c1-4-5-6-7-8-9-10-11-12-15(17)13-19-16(18)14(2)3/h13,17H,2,4-12H2,1,3H3. The Hall–Kier alpha value is -1.25. The Bertz CT molecular complexity index is 292. The van der Waals surface area contributed by atoms with Gasteiger partial charge in [-0.05, 0) is 13.3 Å². The van der Waals surface area contributed by atoms with Crippen molar-refractivity contribution in [1.82, 2.24) is 0 Å². The van der Waals surface area contributed by atoms with Crippen molar-refractivity contribution in [1.29, 1.82) is 0 Å². The first-order valence-corrected chi connectivity index (χ1v) is 7.32. The topological polar surface area (TPSA) is 46.5 Å². The largest absolute Gasteiger partial charge is 0.509 e. The smallest absolute Gasteiger partial charge is 0.338 e. The number of unbranched alkanes of at least 4 members (excludes halogenated alkanes) is 7. The zero-order valence-corrected chi connectivity index (χ0v) is 12.4. The van der Waals surface area contributed by atoms with Crippen LogP contribution in [0.4, 0.5) is 0 Å². The fourth-order valence-electron chi connectivity index (χ4n) is 1.72. The van der Waals surface area contributed by atoms with Gasteiger partial charge in [0.05, 0.1) is 0 Å². The van der Waals surface area contributed by atoms with Gasteiger partial charge in [0.1, 0.15) is 12.0 Å². The second-order valence-corrected chi connectivity index (χ2v) is 5.02. The lowest BCUT2D eigenvalue weighted by Gasteiger charge is -2.02. The first-order chi connectivity index (χ1) is 9.07. The molecule has 0 saturated heterocycles. The number of aliphatic hydroxyl groups is 1. The number of ether oxygens (including phenoxy) is 1. The molecule has 3 heteroatoms. The van der Waals surface area contributed by atoms with E-state index in [1.165, 1.54) is 38.5 Å². The van der Waals surface area contributed by atoms with Crippen molar-refractivity contribution in [2.75, 3.05) is 0 Å². The summed E-state index contributed by atoms with van der Waals surface area (Å²) in [5, 5.41) is 9.51. The molecule has 0 aromatic rings. The maximum atomic E-state index is 11.1. The maximum absolute atomic E-state index is 11.1. The minimum absolute atomic E-state index is 0.126. The molecule has 0 bridgehead atoms. The Morgan fingerprint density at radius 2 is 1.63 bits per heavy atom. The van der Waals surface area contributed by atoms with Gasteiger partial charge >= 0.3 is 5.97 Å². The van der Waals surface area contributed by atoms with Crippen LogP contribution < -0.4 is 0 Å². The van der Waals surface area contributed by atoms with Crippen LogP contribution >= 0.6 is 0 Å². The second-order valence-electron chi connectivity index (χ2n) is 5.02. The van der Waals surface area contributed by atoms with Crippen molar-refractivity contribution in [2.24, 2.45) is 0 Å². The predicted molar refractivity (Wildman–Crippen MR) is 78.8 cm³/mol. The molecule has 0 fully saturated rings. The normalized spacial score (nSPS) is 11.4. The lowest BCUT2D eigenvalue weighted by molar-refractivity contribution is -0.133. The number of allylic oxidation sites excluding steroid dienone is 1. The van der Waals surface area contributed by atoms with Gasteiger partial charge in [0.2, 0.25) is 0 Å². The molecule has 110 valence electrons. The van der Waals surface area contributed by atoms with Gasteiger partial charge in [0.25, 0.3) is 0 Å². The molecule has 3 nitrogen and oxygen atoms in total. The van der Waals surface area contributed by atoms with Gasteiger partial charge in [-0.25, -0.2) is 4.79 Å². The Morgan fingerprint density at radius 1 is 1.11 bits per heavy atom. The highest BCUT2D eigenvalue weighted by Crippen LogP contribution is 2.11. The van der Waals surface area contributed by atoms with Gasteiger partial charge in [-0.1, -0.05) is 58.4 Å². The molecule has 1 N–H and O–H groups in total. The van der Waals surface area contributed by atoms with E-state index in [1.54, 1.807) is 6.92 Å². The number of rotatable bonds is 11. The molecule has 0 heterocycles. The molecule has 0 aliphatic heterocycles. The quantitative estimate of drug-likeness (QED) is 0.247. The number of esters is 1. The molecule has 0 aliphatic carbocycles. The van der Waals surface area contributed by atoms with E-state index in [0.29, 0.717) is 12.0 Å². The van der Waals surface area contributed by atoms with E-state index in [9.17, 15) is 9.90 Å². The Kier molecular flexibility index (Phi) is 11.0. The minimum Gasteiger partial charge on any atom is -0.509 e. The first-order valence-electron chi connectivity index (χ1n) is 7.32. The Balaban J connectivity index is 3.47. The van der Waals surface area contributed by atoms with Crippen LogP contribution in [-0.4, -0.2) is 11.1 Å². The van der Waals surface area contributed by atoms with Gasteiger partial charge in [-0.15, -0.1) is 0 Å². The van der Waals surface area contributed by atoms with Crippen molar-refractivity contribution < 1.29 is 14.6 Å². The maximum Gasteiger partial charge on any atom is 0.338 e. The minimum atomic E-state index is -0.498. The van der Waals surface area contributed by atoms with E-state index in [2.05, 4.69) is 13.5 Å². The van der Waals surface area contributed by atoms with Crippen LogP contribution in [-0.2, 0) is 9.53 Å². The number of hydrogen-bond acceptors (Lipinski definition) is 3. The third-order valence-electron chi connectivity index (χ3n) is 2.94. The number of aliphatic hydroxyl groups excluding tert-OH is 1. The summed E-state index contributed by atoms with van der Waals surface area (Å²) >= 11 is 0. The van der Waals surface area contributed by atoms with Crippen LogP contribution in [0.25, 0.3) is 0 Å². The van der Waals surface area contributed by atoms with Crippen molar-refractivity contribution in [3.63, 3.8) is 0 Å². The summed E-state index contributed by atoms with van der Waals surface area (Å²) in [6.45, 7) is 7.26. The summed E-state index contributed by atoms with van der Waals surface area (Å²) in [7, 11) is 0. The SMILES string of the molecule is C=C(C)C(=O)OC=C(O)CCCCCCCCCC. The van der Waals surface area contributed by atoms with Gasteiger partial charge in [-0.2, -0.15) is 0 Å². The molecule has 0 aromatic heterocycles. The van der Waals surface area contributed by atoms with E-state index in [0.717, 1.165) is 19.1 Å². The van der Waals surface area contributed by atoms with Crippen molar-refractivity contribution in [3.8, 4) is 0 Å². The Morgan fingerprint density at radius 3 is 2.16 bits per heavy atom. The average molecular weight is 268 g/mol. The molecule has 0 rings (SSSR count). The van der Waals surface area contributed by atoms with Gasteiger partial charge in [-0.3, -0.25) is 0 Å². The number of hydrogen-bond donors (Lipinski definition) is 1. The highest BCUT2D eigenvalue weighted by atomic mass is 16.5. The Labute approximate surface area is 117 Å².